The molecule has 0 unspecified atom stereocenters. The minimum atomic E-state index is -1.23. The zero-order valence-electron chi connectivity index (χ0n) is 17.4. The molecule has 9 heteroatoms. The highest BCUT2D eigenvalue weighted by atomic mass is 16.7. The van der Waals surface area contributed by atoms with Crippen LogP contribution in [0, 0.1) is 0 Å². The van der Waals surface area contributed by atoms with E-state index in [0.717, 1.165) is 0 Å². The van der Waals surface area contributed by atoms with Crippen molar-refractivity contribution in [2.24, 2.45) is 0 Å². The number of hydrogen-bond donors (Lipinski definition) is 1. The third-order valence-corrected chi connectivity index (χ3v) is 2.54. The maximum absolute atomic E-state index is 11.8. The van der Waals surface area contributed by atoms with Crippen molar-refractivity contribution in [3.63, 3.8) is 0 Å². The first-order valence-corrected chi connectivity index (χ1v) is 8.61. The van der Waals surface area contributed by atoms with E-state index in [0.29, 0.717) is 0 Å². The number of alkyl carbamates (subject to hydrolysis) is 1. The lowest BCUT2D eigenvalue weighted by molar-refractivity contribution is -0.160. The molecule has 0 bridgehead atoms. The lowest BCUT2D eigenvalue weighted by Gasteiger charge is -2.26. The molecule has 0 atom stereocenters. The van der Waals surface area contributed by atoms with Gasteiger partial charge in [-0.3, -0.25) is 9.59 Å². The fourth-order valence-electron chi connectivity index (χ4n) is 1.73. The second-order valence-corrected chi connectivity index (χ2v) is 8.53. The van der Waals surface area contributed by atoms with E-state index in [1.54, 1.807) is 41.5 Å². The van der Waals surface area contributed by atoms with E-state index >= 15 is 0 Å². The summed E-state index contributed by atoms with van der Waals surface area (Å²) >= 11 is 0. The highest BCUT2D eigenvalue weighted by Crippen LogP contribution is 2.19. The molecule has 0 aliphatic carbocycles. The molecule has 27 heavy (non-hydrogen) atoms. The molecule has 0 aromatic rings. The SMILES string of the molecule is CC(C)(C)OC(=O)CC(C)(C)OC(=O)OC(=O)CCNC(=O)OC(C)(C)C. The number of amides is 1. The van der Waals surface area contributed by atoms with E-state index in [1.807, 2.05) is 0 Å². The Hall–Kier alpha value is -2.32. The summed E-state index contributed by atoms with van der Waals surface area (Å²) in [5, 5.41) is 2.36. The first kappa shape index (κ1) is 24.7. The average molecular weight is 389 g/mol. The second kappa shape index (κ2) is 9.57. The van der Waals surface area contributed by atoms with Gasteiger partial charge in [-0.2, -0.15) is 0 Å². The van der Waals surface area contributed by atoms with Crippen LogP contribution in [0.1, 0.15) is 68.2 Å². The van der Waals surface area contributed by atoms with Crippen molar-refractivity contribution in [3.05, 3.63) is 0 Å². The molecule has 0 rings (SSSR count). The number of hydrogen-bond acceptors (Lipinski definition) is 8. The summed E-state index contributed by atoms with van der Waals surface area (Å²) in [5.41, 5.74) is -2.53. The van der Waals surface area contributed by atoms with Crippen LogP contribution in [0.25, 0.3) is 0 Å². The Bertz CT molecular complexity index is 555. The van der Waals surface area contributed by atoms with Gasteiger partial charge in [0.15, 0.2) is 0 Å². The molecule has 0 fully saturated rings. The Kier molecular flexibility index (Phi) is 8.75. The van der Waals surface area contributed by atoms with Crippen LogP contribution in [0.3, 0.4) is 0 Å². The summed E-state index contributed by atoms with van der Waals surface area (Å²) in [7, 11) is 0. The Balaban J connectivity index is 4.27. The van der Waals surface area contributed by atoms with Crippen LogP contribution in [-0.4, -0.2) is 47.5 Å². The van der Waals surface area contributed by atoms with E-state index < -0.39 is 41.0 Å². The summed E-state index contributed by atoms with van der Waals surface area (Å²) < 4.78 is 19.7. The van der Waals surface area contributed by atoms with E-state index in [2.05, 4.69) is 10.1 Å². The minimum absolute atomic E-state index is 0.0671. The highest BCUT2D eigenvalue weighted by molar-refractivity contribution is 5.82. The Morgan fingerprint density at radius 1 is 0.741 bits per heavy atom. The maximum Gasteiger partial charge on any atom is 0.516 e. The zero-order valence-corrected chi connectivity index (χ0v) is 17.4. The summed E-state index contributed by atoms with van der Waals surface area (Å²) in [6, 6.07) is 0. The quantitative estimate of drug-likeness (QED) is 0.418. The van der Waals surface area contributed by atoms with Gasteiger partial charge in [0.2, 0.25) is 0 Å². The molecule has 0 aromatic carbocycles. The monoisotopic (exact) mass is 389 g/mol. The molecule has 1 amide bonds. The third-order valence-electron chi connectivity index (χ3n) is 2.54. The lowest BCUT2D eigenvalue weighted by atomic mass is 10.1. The van der Waals surface area contributed by atoms with Crippen molar-refractivity contribution in [2.45, 2.75) is 85.0 Å². The lowest BCUT2D eigenvalue weighted by Crippen LogP contribution is -2.36. The van der Waals surface area contributed by atoms with Gasteiger partial charge in [0, 0.05) is 6.54 Å². The normalized spacial score (nSPS) is 12.0. The fraction of sp³-hybridized carbons (Fsp3) is 0.778. The molecule has 0 radical (unpaired) electrons. The molecule has 0 saturated carbocycles. The largest absolute Gasteiger partial charge is 0.516 e. The van der Waals surface area contributed by atoms with E-state index in [-0.39, 0.29) is 19.4 Å². The Morgan fingerprint density at radius 3 is 1.74 bits per heavy atom. The molecular formula is C18H31NO8. The first-order valence-electron chi connectivity index (χ1n) is 8.61. The fourth-order valence-corrected chi connectivity index (χ4v) is 1.73. The Morgan fingerprint density at radius 2 is 1.26 bits per heavy atom. The van der Waals surface area contributed by atoms with Gasteiger partial charge in [-0.15, -0.1) is 0 Å². The van der Waals surface area contributed by atoms with Crippen LogP contribution in [0.4, 0.5) is 9.59 Å². The molecule has 9 nitrogen and oxygen atoms in total. The van der Waals surface area contributed by atoms with Crippen molar-refractivity contribution in [1.82, 2.24) is 5.32 Å². The van der Waals surface area contributed by atoms with Crippen LogP contribution in [0.2, 0.25) is 0 Å². The summed E-state index contributed by atoms with van der Waals surface area (Å²) in [4.78, 5) is 46.5. The van der Waals surface area contributed by atoms with E-state index in [9.17, 15) is 19.2 Å². The smallest absolute Gasteiger partial charge is 0.460 e. The molecule has 0 aliphatic rings. The van der Waals surface area contributed by atoms with E-state index in [1.165, 1.54) is 13.8 Å². The Labute approximate surface area is 160 Å². The van der Waals surface area contributed by atoms with Crippen molar-refractivity contribution < 1.29 is 38.1 Å². The summed E-state index contributed by atoms with van der Waals surface area (Å²) in [6.45, 7) is 13.2. The topological polar surface area (TPSA) is 117 Å². The van der Waals surface area contributed by atoms with Crippen LogP contribution in [0.15, 0.2) is 0 Å². The molecule has 156 valence electrons. The predicted octanol–water partition coefficient (Wildman–Crippen LogP) is 3.09. The van der Waals surface area contributed by atoms with Crippen LogP contribution < -0.4 is 5.32 Å². The van der Waals surface area contributed by atoms with Gasteiger partial charge < -0.3 is 24.3 Å². The third kappa shape index (κ3) is 14.5. The number of esters is 2. The average Bonchev–Trinajstić information content (AvgIpc) is 2.31. The van der Waals surface area contributed by atoms with Gasteiger partial charge in [0.1, 0.15) is 16.8 Å². The number of carbonyl (C=O) groups is 4. The van der Waals surface area contributed by atoms with Gasteiger partial charge in [0.25, 0.3) is 0 Å². The number of nitrogens with one attached hydrogen (secondary N) is 1. The van der Waals surface area contributed by atoms with Crippen molar-refractivity contribution in [3.8, 4) is 0 Å². The standard InChI is InChI=1S/C18H31NO8/c1-16(2,3)25-13(21)11-18(7,8)27-15(23)24-12(20)9-10-19-14(22)26-17(4,5)6/h9-11H2,1-8H3,(H,19,22). The van der Waals surface area contributed by atoms with Crippen LogP contribution in [-0.2, 0) is 28.5 Å². The number of carbonyl (C=O) groups excluding carboxylic acids is 4. The van der Waals surface area contributed by atoms with E-state index in [4.69, 9.17) is 14.2 Å². The first-order chi connectivity index (χ1) is 12.0. The molecule has 0 aliphatic heterocycles. The van der Waals surface area contributed by atoms with Crippen molar-refractivity contribution >= 4 is 24.2 Å². The summed E-state index contributed by atoms with van der Waals surface area (Å²) in [6.07, 6.45) is -2.36. The number of ether oxygens (including phenoxy) is 4. The highest BCUT2D eigenvalue weighted by Gasteiger charge is 2.31. The number of rotatable bonds is 6. The van der Waals surface area contributed by atoms with Gasteiger partial charge >= 0.3 is 24.2 Å². The maximum atomic E-state index is 11.8. The van der Waals surface area contributed by atoms with Gasteiger partial charge in [-0.1, -0.05) is 0 Å². The summed E-state index contributed by atoms with van der Waals surface area (Å²) in [5.74, 6) is -1.43. The van der Waals surface area contributed by atoms with Crippen molar-refractivity contribution in [2.75, 3.05) is 6.54 Å². The predicted molar refractivity (Wildman–Crippen MR) is 96.0 cm³/mol. The second-order valence-electron chi connectivity index (χ2n) is 8.53. The zero-order chi connectivity index (χ0) is 21.5. The molecule has 0 saturated heterocycles. The van der Waals surface area contributed by atoms with Gasteiger partial charge in [0.05, 0.1) is 12.8 Å². The minimum Gasteiger partial charge on any atom is -0.460 e. The molecule has 0 spiro atoms. The van der Waals surface area contributed by atoms with Crippen molar-refractivity contribution in [1.29, 1.82) is 0 Å². The van der Waals surface area contributed by atoms with Gasteiger partial charge in [-0.05, 0) is 55.4 Å². The molecular weight excluding hydrogens is 358 g/mol. The molecule has 0 aromatic heterocycles. The van der Waals surface area contributed by atoms with Crippen LogP contribution in [0.5, 0.6) is 0 Å². The molecule has 0 heterocycles. The van der Waals surface area contributed by atoms with Crippen LogP contribution >= 0.6 is 0 Å². The molecule has 1 N–H and O–H groups in total. The van der Waals surface area contributed by atoms with Gasteiger partial charge in [-0.25, -0.2) is 9.59 Å².